The summed E-state index contributed by atoms with van der Waals surface area (Å²) >= 11 is 0. The second-order valence-electron chi connectivity index (χ2n) is 7.15. The second kappa shape index (κ2) is 7.68. The van der Waals surface area contributed by atoms with Crippen molar-refractivity contribution in [3.63, 3.8) is 0 Å². The molecule has 0 spiro atoms. The number of fused-ring (bicyclic) bond motifs is 1. The first-order valence-corrected chi connectivity index (χ1v) is 9.16. The van der Waals surface area contributed by atoms with E-state index in [1.165, 1.54) is 0 Å². The van der Waals surface area contributed by atoms with Crippen molar-refractivity contribution in [2.24, 2.45) is 5.92 Å². The molecule has 1 aliphatic heterocycles. The molecule has 5 nitrogen and oxygen atoms in total. The summed E-state index contributed by atoms with van der Waals surface area (Å²) < 4.78 is 17.5. The molecule has 1 saturated heterocycles. The van der Waals surface area contributed by atoms with E-state index in [-0.39, 0.29) is 0 Å². The summed E-state index contributed by atoms with van der Waals surface area (Å²) in [5.41, 5.74) is 2.04. The van der Waals surface area contributed by atoms with Crippen LogP contribution in [0.1, 0.15) is 30.0 Å². The van der Waals surface area contributed by atoms with E-state index in [1.807, 2.05) is 31.2 Å². The van der Waals surface area contributed by atoms with Gasteiger partial charge in [0.25, 0.3) is 0 Å². The van der Waals surface area contributed by atoms with E-state index in [0.29, 0.717) is 24.7 Å². The lowest BCUT2D eigenvalue weighted by Crippen LogP contribution is -2.47. The Labute approximate surface area is 148 Å². The highest BCUT2D eigenvalue weighted by Gasteiger charge is 2.41. The zero-order valence-corrected chi connectivity index (χ0v) is 14.8. The summed E-state index contributed by atoms with van der Waals surface area (Å²) in [4.78, 5) is 7.00. The molecule has 1 aliphatic carbocycles. The van der Waals surface area contributed by atoms with E-state index in [2.05, 4.69) is 16.0 Å². The van der Waals surface area contributed by atoms with Crippen molar-refractivity contribution in [1.82, 2.24) is 9.88 Å². The maximum atomic E-state index is 6.02. The molecule has 3 atom stereocenters. The summed E-state index contributed by atoms with van der Waals surface area (Å²) in [5.74, 6) is 1.59. The molecule has 4 rings (SSSR count). The van der Waals surface area contributed by atoms with Crippen molar-refractivity contribution < 1.29 is 13.9 Å². The van der Waals surface area contributed by atoms with Crippen molar-refractivity contribution in [2.45, 2.75) is 45.1 Å². The number of furan rings is 1. The predicted octanol–water partition coefficient (Wildman–Crippen LogP) is 3.18. The van der Waals surface area contributed by atoms with E-state index in [1.54, 1.807) is 6.26 Å². The number of morpholine rings is 1. The van der Waals surface area contributed by atoms with Crippen LogP contribution < -0.4 is 0 Å². The van der Waals surface area contributed by atoms with Gasteiger partial charge in [-0.05, 0) is 49.9 Å². The zero-order chi connectivity index (χ0) is 17.1. The fraction of sp³-hybridized carbons (Fsp3) is 0.550. The third kappa shape index (κ3) is 4.11. The van der Waals surface area contributed by atoms with E-state index >= 15 is 0 Å². The molecule has 0 bridgehead atoms. The van der Waals surface area contributed by atoms with Crippen LogP contribution in [0.3, 0.4) is 0 Å². The molecule has 3 heterocycles. The first-order valence-electron chi connectivity index (χ1n) is 9.16. The van der Waals surface area contributed by atoms with Gasteiger partial charge in [-0.3, -0.25) is 9.88 Å². The monoisotopic (exact) mass is 342 g/mol. The Morgan fingerprint density at radius 1 is 1.24 bits per heavy atom. The summed E-state index contributed by atoms with van der Waals surface area (Å²) in [6.07, 6.45) is 4.29. The van der Waals surface area contributed by atoms with Gasteiger partial charge in [-0.2, -0.15) is 0 Å². The Morgan fingerprint density at radius 2 is 2.20 bits per heavy atom. The van der Waals surface area contributed by atoms with Crippen LogP contribution >= 0.6 is 0 Å². The molecule has 0 N–H and O–H groups in total. The molecule has 0 unspecified atom stereocenters. The third-order valence-corrected chi connectivity index (χ3v) is 5.24. The topological polar surface area (TPSA) is 47.7 Å². The number of nitrogens with zero attached hydrogens (tertiary/aromatic N) is 2. The first-order chi connectivity index (χ1) is 12.3. The Balaban J connectivity index is 1.29. The number of rotatable bonds is 6. The number of hydrogen-bond donors (Lipinski definition) is 0. The van der Waals surface area contributed by atoms with Crippen LogP contribution in [0.2, 0.25) is 0 Å². The molecule has 5 heteroatoms. The van der Waals surface area contributed by atoms with Gasteiger partial charge in [0.1, 0.15) is 5.76 Å². The highest BCUT2D eigenvalue weighted by atomic mass is 16.5. The fourth-order valence-electron chi connectivity index (χ4n) is 4.07. The predicted molar refractivity (Wildman–Crippen MR) is 94.0 cm³/mol. The SMILES string of the molecule is Cc1cccc(COC[C@@H]2C[C@@H]3OCCN(Cc4ccco4)[C@@H]3C2)n1. The van der Waals surface area contributed by atoms with Gasteiger partial charge < -0.3 is 13.9 Å². The fourth-order valence-corrected chi connectivity index (χ4v) is 4.07. The number of hydrogen-bond acceptors (Lipinski definition) is 5. The van der Waals surface area contributed by atoms with Crippen molar-refractivity contribution in [3.8, 4) is 0 Å². The van der Waals surface area contributed by atoms with Gasteiger partial charge in [0.05, 0.1) is 44.4 Å². The standard InChI is InChI=1S/C20H26N2O3/c1-15-4-2-5-17(21-15)14-23-13-16-10-19-20(11-16)25-9-7-22(19)12-18-6-3-8-24-18/h2-6,8,16,19-20H,7,9-14H2,1H3/t16-,19+,20-/m0/s1. The van der Waals surface area contributed by atoms with Gasteiger partial charge in [-0.15, -0.1) is 0 Å². The summed E-state index contributed by atoms with van der Waals surface area (Å²) in [7, 11) is 0. The van der Waals surface area contributed by atoms with Gasteiger partial charge in [-0.25, -0.2) is 0 Å². The number of aromatic nitrogens is 1. The summed E-state index contributed by atoms with van der Waals surface area (Å²) in [5, 5.41) is 0. The maximum absolute atomic E-state index is 6.02. The second-order valence-corrected chi connectivity index (χ2v) is 7.15. The Hall–Kier alpha value is -1.69. The summed E-state index contributed by atoms with van der Waals surface area (Å²) in [6.45, 7) is 6.03. The number of pyridine rings is 1. The minimum absolute atomic E-state index is 0.328. The lowest BCUT2D eigenvalue weighted by molar-refractivity contribution is -0.0609. The highest BCUT2D eigenvalue weighted by molar-refractivity contribution is 5.09. The van der Waals surface area contributed by atoms with Gasteiger partial charge in [-0.1, -0.05) is 6.07 Å². The molecule has 2 aliphatic rings. The van der Waals surface area contributed by atoms with Crippen molar-refractivity contribution in [3.05, 3.63) is 53.7 Å². The Kier molecular flexibility index (Phi) is 5.15. The molecule has 0 aromatic carbocycles. The molecular weight excluding hydrogens is 316 g/mol. The highest BCUT2D eigenvalue weighted by Crippen LogP contribution is 2.35. The van der Waals surface area contributed by atoms with Crippen molar-refractivity contribution in [2.75, 3.05) is 19.8 Å². The molecule has 2 fully saturated rings. The van der Waals surface area contributed by atoms with E-state index in [9.17, 15) is 0 Å². The van der Waals surface area contributed by atoms with Crippen LogP contribution in [0, 0.1) is 12.8 Å². The third-order valence-electron chi connectivity index (χ3n) is 5.24. The van der Waals surface area contributed by atoms with Gasteiger partial charge in [0.15, 0.2) is 0 Å². The smallest absolute Gasteiger partial charge is 0.117 e. The first kappa shape index (κ1) is 16.8. The van der Waals surface area contributed by atoms with Crippen molar-refractivity contribution in [1.29, 1.82) is 0 Å². The Bertz CT molecular complexity index is 673. The molecule has 134 valence electrons. The maximum Gasteiger partial charge on any atom is 0.117 e. The molecule has 2 aromatic rings. The van der Waals surface area contributed by atoms with Crippen LogP contribution in [0.25, 0.3) is 0 Å². The number of aryl methyl sites for hydroxylation is 1. The van der Waals surface area contributed by atoms with Gasteiger partial charge in [0, 0.05) is 18.3 Å². The molecule has 2 aromatic heterocycles. The normalized spacial score (nSPS) is 26.7. The molecule has 0 radical (unpaired) electrons. The Morgan fingerprint density at radius 3 is 3.04 bits per heavy atom. The molecule has 1 saturated carbocycles. The molecule has 0 amide bonds. The van der Waals surface area contributed by atoms with Crippen LogP contribution in [0.4, 0.5) is 0 Å². The van der Waals surface area contributed by atoms with Gasteiger partial charge >= 0.3 is 0 Å². The van der Waals surface area contributed by atoms with E-state index in [0.717, 1.165) is 56.3 Å². The van der Waals surface area contributed by atoms with Crippen LogP contribution in [-0.4, -0.2) is 41.8 Å². The quantitative estimate of drug-likeness (QED) is 0.807. The number of ether oxygens (including phenoxy) is 2. The van der Waals surface area contributed by atoms with Crippen LogP contribution in [0.15, 0.2) is 41.0 Å². The van der Waals surface area contributed by atoms with Gasteiger partial charge in [0.2, 0.25) is 0 Å². The molecular formula is C20H26N2O3. The summed E-state index contributed by atoms with van der Waals surface area (Å²) in [6, 6.07) is 10.5. The average Bonchev–Trinajstić information content (AvgIpc) is 3.25. The van der Waals surface area contributed by atoms with E-state index < -0.39 is 0 Å². The average molecular weight is 342 g/mol. The largest absolute Gasteiger partial charge is 0.468 e. The van der Waals surface area contributed by atoms with Crippen molar-refractivity contribution >= 4 is 0 Å². The zero-order valence-electron chi connectivity index (χ0n) is 14.8. The lowest BCUT2D eigenvalue weighted by Gasteiger charge is -2.37. The van der Waals surface area contributed by atoms with Crippen LogP contribution in [-0.2, 0) is 22.6 Å². The lowest BCUT2D eigenvalue weighted by atomic mass is 10.1. The minimum atomic E-state index is 0.328. The van der Waals surface area contributed by atoms with E-state index in [4.69, 9.17) is 13.9 Å². The van der Waals surface area contributed by atoms with Crippen LogP contribution in [0.5, 0.6) is 0 Å². The minimum Gasteiger partial charge on any atom is -0.468 e. The molecule has 25 heavy (non-hydrogen) atoms.